The van der Waals surface area contributed by atoms with Gasteiger partial charge in [0.15, 0.2) is 5.82 Å². The second-order valence-electron chi connectivity index (χ2n) is 3.87. The Balaban J connectivity index is 2.27. The van der Waals surface area contributed by atoms with Crippen molar-refractivity contribution in [2.75, 3.05) is 12.8 Å². The van der Waals surface area contributed by atoms with Gasteiger partial charge in [0.2, 0.25) is 10.7 Å². The molecule has 0 fully saturated rings. The fourth-order valence-electron chi connectivity index (χ4n) is 1.88. The van der Waals surface area contributed by atoms with E-state index in [0.717, 1.165) is 16.5 Å². The van der Waals surface area contributed by atoms with Gasteiger partial charge < -0.3 is 10.5 Å². The summed E-state index contributed by atoms with van der Waals surface area (Å²) < 4.78 is 7.29. The van der Waals surface area contributed by atoms with Gasteiger partial charge in [-0.15, -0.1) is 5.10 Å². The number of methoxy groups -OCH3 is 1. The first kappa shape index (κ1) is 11.9. The number of rotatable bonds is 2. The van der Waals surface area contributed by atoms with E-state index in [0.29, 0.717) is 10.6 Å². The molecule has 0 bridgehead atoms. The number of aromatic nitrogens is 4. The molecule has 2 aromatic heterocycles. The summed E-state index contributed by atoms with van der Waals surface area (Å²) in [7, 11) is 1.64. The van der Waals surface area contributed by atoms with E-state index in [-0.39, 0.29) is 5.95 Å². The molecule has 2 heterocycles. The number of nitrogen functional groups attached to an aromatic ring is 1. The molecule has 3 rings (SSSR count). The van der Waals surface area contributed by atoms with Gasteiger partial charge in [-0.2, -0.15) is 9.67 Å². The van der Waals surface area contributed by atoms with Gasteiger partial charge >= 0.3 is 0 Å². The third-order valence-corrected chi connectivity index (χ3v) is 3.25. The molecule has 0 aliphatic heterocycles. The molecule has 0 unspecified atom stereocenters. The van der Waals surface area contributed by atoms with Crippen LogP contribution in [0.15, 0.2) is 35.2 Å². The zero-order valence-electron chi connectivity index (χ0n) is 10.0. The van der Waals surface area contributed by atoms with Gasteiger partial charge in [0, 0.05) is 11.6 Å². The summed E-state index contributed by atoms with van der Waals surface area (Å²) in [5.41, 5.74) is 5.59. The molecule has 96 valence electrons. The van der Waals surface area contributed by atoms with Crippen molar-refractivity contribution in [1.82, 2.24) is 19.7 Å². The standard InChI is InChI=1S/C12H10BrN5O/c1-19-8-2-3-9-7(6-8)4-5-15-10(9)18-11(13)16-12(14)17-18/h2-6H,1H3,(H2,14,17). The second-order valence-corrected chi connectivity index (χ2v) is 4.58. The van der Waals surface area contributed by atoms with Gasteiger partial charge in [-0.25, -0.2) is 4.98 Å². The molecule has 6 nitrogen and oxygen atoms in total. The van der Waals surface area contributed by atoms with Crippen molar-refractivity contribution < 1.29 is 4.74 Å². The van der Waals surface area contributed by atoms with Gasteiger partial charge in [0.05, 0.1) is 7.11 Å². The third kappa shape index (κ3) is 2.01. The summed E-state index contributed by atoms with van der Waals surface area (Å²) in [4.78, 5) is 8.35. The lowest BCUT2D eigenvalue weighted by Gasteiger charge is -2.07. The Bertz CT molecular complexity index is 755. The van der Waals surface area contributed by atoms with E-state index < -0.39 is 0 Å². The minimum Gasteiger partial charge on any atom is -0.497 e. The molecular weight excluding hydrogens is 310 g/mol. The van der Waals surface area contributed by atoms with Crippen LogP contribution in [0.1, 0.15) is 0 Å². The van der Waals surface area contributed by atoms with E-state index in [4.69, 9.17) is 10.5 Å². The monoisotopic (exact) mass is 319 g/mol. The van der Waals surface area contributed by atoms with Crippen molar-refractivity contribution in [1.29, 1.82) is 0 Å². The second kappa shape index (κ2) is 4.51. The maximum atomic E-state index is 5.59. The van der Waals surface area contributed by atoms with Crippen LogP contribution in [0.2, 0.25) is 0 Å². The molecule has 1 aromatic carbocycles. The average molecular weight is 320 g/mol. The van der Waals surface area contributed by atoms with Crippen LogP contribution in [-0.2, 0) is 0 Å². The fourth-order valence-corrected chi connectivity index (χ4v) is 2.31. The Kier molecular flexibility index (Phi) is 2.83. The van der Waals surface area contributed by atoms with Crippen LogP contribution in [0.4, 0.5) is 5.95 Å². The Morgan fingerprint density at radius 2 is 2.16 bits per heavy atom. The van der Waals surface area contributed by atoms with Crippen LogP contribution in [0.25, 0.3) is 16.6 Å². The van der Waals surface area contributed by atoms with Crippen LogP contribution < -0.4 is 10.5 Å². The zero-order chi connectivity index (χ0) is 13.4. The van der Waals surface area contributed by atoms with Gasteiger partial charge in [-0.1, -0.05) is 0 Å². The van der Waals surface area contributed by atoms with Crippen LogP contribution >= 0.6 is 15.9 Å². The summed E-state index contributed by atoms with van der Waals surface area (Å²) >= 11 is 3.31. The number of hydrogen-bond donors (Lipinski definition) is 1. The van der Waals surface area contributed by atoms with Crippen molar-refractivity contribution >= 4 is 32.7 Å². The normalized spacial score (nSPS) is 10.8. The summed E-state index contributed by atoms with van der Waals surface area (Å²) in [5, 5.41) is 6.06. The molecule has 0 radical (unpaired) electrons. The summed E-state index contributed by atoms with van der Waals surface area (Å²) in [5.74, 6) is 1.65. The summed E-state index contributed by atoms with van der Waals surface area (Å²) in [6.45, 7) is 0. The van der Waals surface area contributed by atoms with E-state index in [1.54, 1.807) is 18.0 Å². The number of ether oxygens (including phenoxy) is 1. The smallest absolute Gasteiger partial charge is 0.240 e. The van der Waals surface area contributed by atoms with Crippen molar-refractivity contribution in [2.24, 2.45) is 0 Å². The number of fused-ring (bicyclic) bond motifs is 1. The van der Waals surface area contributed by atoms with Gasteiger partial charge in [0.1, 0.15) is 5.75 Å². The van der Waals surface area contributed by atoms with E-state index in [1.165, 1.54) is 0 Å². The first-order valence-corrected chi connectivity index (χ1v) is 6.29. The number of nitrogens with two attached hydrogens (primary N) is 1. The van der Waals surface area contributed by atoms with Gasteiger partial charge in [0.25, 0.3) is 0 Å². The minimum absolute atomic E-state index is 0.194. The van der Waals surface area contributed by atoms with Crippen molar-refractivity contribution in [3.8, 4) is 11.6 Å². The minimum atomic E-state index is 0.194. The lowest BCUT2D eigenvalue weighted by atomic mass is 10.1. The SMILES string of the molecule is COc1ccc2c(-n3nc(N)nc3Br)nccc2c1. The first-order valence-electron chi connectivity index (χ1n) is 5.50. The highest BCUT2D eigenvalue weighted by Crippen LogP contribution is 2.26. The molecule has 0 saturated carbocycles. The van der Waals surface area contributed by atoms with Crippen LogP contribution in [0.5, 0.6) is 5.75 Å². The van der Waals surface area contributed by atoms with Crippen LogP contribution in [0.3, 0.4) is 0 Å². The van der Waals surface area contributed by atoms with Crippen molar-refractivity contribution in [3.05, 3.63) is 35.2 Å². The van der Waals surface area contributed by atoms with Gasteiger partial charge in [-0.05, 0) is 45.6 Å². The molecule has 0 saturated heterocycles. The number of pyridine rings is 1. The molecule has 3 aromatic rings. The predicted octanol–water partition coefficient (Wildman–Crippen LogP) is 2.17. The number of anilines is 1. The highest BCUT2D eigenvalue weighted by molar-refractivity contribution is 9.10. The molecule has 0 spiro atoms. The predicted molar refractivity (Wildman–Crippen MR) is 75.3 cm³/mol. The molecule has 0 atom stereocenters. The molecule has 7 heteroatoms. The largest absolute Gasteiger partial charge is 0.497 e. The van der Waals surface area contributed by atoms with Crippen molar-refractivity contribution in [2.45, 2.75) is 0 Å². The average Bonchev–Trinajstić information content (AvgIpc) is 2.76. The number of hydrogen-bond acceptors (Lipinski definition) is 5. The Morgan fingerprint density at radius 1 is 1.32 bits per heavy atom. The lowest BCUT2D eigenvalue weighted by molar-refractivity contribution is 0.415. The topological polar surface area (TPSA) is 78.9 Å². The summed E-state index contributed by atoms with van der Waals surface area (Å²) in [6.07, 6.45) is 1.71. The van der Waals surface area contributed by atoms with Crippen molar-refractivity contribution in [3.63, 3.8) is 0 Å². The number of halogens is 1. The van der Waals surface area contributed by atoms with Gasteiger partial charge in [-0.3, -0.25) is 0 Å². The van der Waals surface area contributed by atoms with E-state index in [2.05, 4.69) is 31.0 Å². The molecule has 0 aliphatic rings. The highest BCUT2D eigenvalue weighted by atomic mass is 79.9. The number of benzene rings is 1. The van der Waals surface area contributed by atoms with Crippen LogP contribution in [-0.4, -0.2) is 26.9 Å². The van der Waals surface area contributed by atoms with E-state index >= 15 is 0 Å². The third-order valence-electron chi connectivity index (χ3n) is 2.74. The van der Waals surface area contributed by atoms with E-state index in [1.807, 2.05) is 24.3 Å². The Morgan fingerprint density at radius 3 is 2.84 bits per heavy atom. The molecular formula is C12H10BrN5O. The summed E-state index contributed by atoms with van der Waals surface area (Å²) in [6, 6.07) is 7.66. The Hall–Kier alpha value is -2.15. The lowest BCUT2D eigenvalue weighted by Crippen LogP contribution is -2.01. The molecule has 19 heavy (non-hydrogen) atoms. The Labute approximate surface area is 117 Å². The number of nitrogens with zero attached hydrogens (tertiary/aromatic N) is 4. The zero-order valence-corrected chi connectivity index (χ0v) is 11.6. The first-order chi connectivity index (χ1) is 9.19. The quantitative estimate of drug-likeness (QED) is 0.783. The maximum Gasteiger partial charge on any atom is 0.240 e. The van der Waals surface area contributed by atoms with Crippen LogP contribution in [0, 0.1) is 0 Å². The van der Waals surface area contributed by atoms with E-state index in [9.17, 15) is 0 Å². The highest BCUT2D eigenvalue weighted by Gasteiger charge is 2.11. The fraction of sp³-hybridized carbons (Fsp3) is 0.0833. The molecule has 2 N–H and O–H groups in total. The maximum absolute atomic E-state index is 5.59. The molecule has 0 amide bonds. The molecule has 0 aliphatic carbocycles.